The first-order chi connectivity index (χ1) is 11.7. The van der Waals surface area contributed by atoms with Crippen molar-refractivity contribution in [1.29, 1.82) is 0 Å². The van der Waals surface area contributed by atoms with E-state index in [1.807, 2.05) is 6.92 Å². The molecule has 1 N–H and O–H groups in total. The predicted molar refractivity (Wildman–Crippen MR) is 94.5 cm³/mol. The Morgan fingerprint density at radius 3 is 2.16 bits per heavy atom. The first-order valence-electron chi connectivity index (χ1n) is 7.66. The number of carbonyl (C=O) groups excluding carboxylic acids is 1. The van der Waals surface area contributed by atoms with Gasteiger partial charge in [0.05, 0.1) is 12.0 Å². The summed E-state index contributed by atoms with van der Waals surface area (Å²) >= 11 is 0. The van der Waals surface area contributed by atoms with Crippen molar-refractivity contribution in [3.05, 3.63) is 53.1 Å². The van der Waals surface area contributed by atoms with Gasteiger partial charge in [-0.25, -0.2) is 8.42 Å². The van der Waals surface area contributed by atoms with Crippen LogP contribution in [-0.2, 0) is 14.8 Å². The number of hydrogen-bond acceptors (Lipinski definition) is 5. The minimum absolute atomic E-state index is 0.184. The van der Waals surface area contributed by atoms with E-state index in [1.54, 1.807) is 50.2 Å². The number of benzene rings is 2. The lowest BCUT2D eigenvalue weighted by Crippen LogP contribution is -2.32. The van der Waals surface area contributed by atoms with Crippen LogP contribution in [0.5, 0.6) is 11.5 Å². The molecule has 0 aromatic heterocycles. The zero-order valence-electron chi connectivity index (χ0n) is 14.6. The van der Waals surface area contributed by atoms with E-state index in [9.17, 15) is 13.2 Å². The zero-order chi connectivity index (χ0) is 18.6. The van der Waals surface area contributed by atoms with Gasteiger partial charge in [0.15, 0.2) is 11.5 Å². The van der Waals surface area contributed by atoms with Gasteiger partial charge in [-0.05, 0) is 44.0 Å². The number of hydrogen-bond donors (Lipinski definition) is 1. The minimum Gasteiger partial charge on any atom is -0.493 e. The molecule has 2 rings (SSSR count). The topological polar surface area (TPSA) is 81.7 Å². The fourth-order valence-electron chi connectivity index (χ4n) is 2.68. The van der Waals surface area contributed by atoms with Crippen molar-refractivity contribution in [1.82, 2.24) is 4.72 Å². The highest BCUT2D eigenvalue weighted by molar-refractivity contribution is 7.89. The molecule has 7 heteroatoms. The molecule has 0 bridgehead atoms. The summed E-state index contributed by atoms with van der Waals surface area (Å²) in [6.07, 6.45) is 0. The van der Waals surface area contributed by atoms with Crippen LogP contribution in [0.25, 0.3) is 0 Å². The summed E-state index contributed by atoms with van der Waals surface area (Å²) in [4.78, 5) is 12.2. The first kappa shape index (κ1) is 19.0. The zero-order valence-corrected chi connectivity index (χ0v) is 15.4. The number of para-hydroxylation sites is 2. The molecule has 134 valence electrons. The molecule has 0 amide bonds. The minimum atomic E-state index is -3.82. The highest BCUT2D eigenvalue weighted by Gasteiger charge is 2.21. The van der Waals surface area contributed by atoms with Crippen molar-refractivity contribution in [2.45, 2.75) is 25.7 Å². The molecule has 0 atom stereocenters. The lowest BCUT2D eigenvalue weighted by atomic mass is 10.1. The number of sulfonamides is 1. The van der Waals surface area contributed by atoms with Gasteiger partial charge in [-0.3, -0.25) is 4.79 Å². The van der Waals surface area contributed by atoms with Crippen LogP contribution in [0.3, 0.4) is 0 Å². The standard InChI is InChI=1S/C18H21NO5S/c1-12-9-13(2)18(14(3)10-12)25(21,22)19-11-17(20)24-16-8-6-5-7-15(16)23-4/h5-10,19H,11H2,1-4H3. The molecule has 0 spiro atoms. The molecule has 25 heavy (non-hydrogen) atoms. The average Bonchev–Trinajstić information content (AvgIpc) is 2.52. The quantitative estimate of drug-likeness (QED) is 0.630. The monoisotopic (exact) mass is 363 g/mol. The fourth-order valence-corrected chi connectivity index (χ4v) is 4.10. The summed E-state index contributed by atoms with van der Waals surface area (Å²) in [6.45, 7) is 4.87. The smallest absolute Gasteiger partial charge is 0.326 e. The molecule has 6 nitrogen and oxygen atoms in total. The van der Waals surface area contributed by atoms with Gasteiger partial charge in [0.2, 0.25) is 10.0 Å². The third-order valence-electron chi connectivity index (χ3n) is 3.57. The number of esters is 1. The van der Waals surface area contributed by atoms with Crippen LogP contribution in [0.15, 0.2) is 41.3 Å². The van der Waals surface area contributed by atoms with Crippen LogP contribution in [-0.4, -0.2) is 28.0 Å². The Balaban J connectivity index is 2.11. The largest absolute Gasteiger partial charge is 0.493 e. The van der Waals surface area contributed by atoms with Gasteiger partial charge < -0.3 is 9.47 Å². The van der Waals surface area contributed by atoms with Crippen LogP contribution in [0.4, 0.5) is 0 Å². The molecular formula is C18H21NO5S. The second-order valence-electron chi connectivity index (χ2n) is 5.68. The summed E-state index contributed by atoms with van der Waals surface area (Å²) in [5, 5.41) is 0. The van der Waals surface area contributed by atoms with Crippen LogP contribution in [0.2, 0.25) is 0 Å². The number of nitrogens with one attached hydrogen (secondary N) is 1. The van der Waals surface area contributed by atoms with E-state index in [2.05, 4.69) is 4.72 Å². The Labute approximate surface area is 147 Å². The second-order valence-corrected chi connectivity index (χ2v) is 7.38. The van der Waals surface area contributed by atoms with Gasteiger partial charge in [0.1, 0.15) is 6.54 Å². The second kappa shape index (κ2) is 7.67. The van der Waals surface area contributed by atoms with E-state index in [0.29, 0.717) is 16.9 Å². The van der Waals surface area contributed by atoms with Gasteiger partial charge >= 0.3 is 5.97 Å². The molecule has 2 aromatic rings. The Morgan fingerprint density at radius 1 is 1.04 bits per heavy atom. The van der Waals surface area contributed by atoms with E-state index in [4.69, 9.17) is 9.47 Å². The Kier molecular flexibility index (Phi) is 5.81. The Morgan fingerprint density at radius 2 is 1.60 bits per heavy atom. The van der Waals surface area contributed by atoms with Crippen LogP contribution < -0.4 is 14.2 Å². The average molecular weight is 363 g/mol. The molecule has 0 aliphatic rings. The van der Waals surface area contributed by atoms with Gasteiger partial charge in [-0.15, -0.1) is 0 Å². The number of aryl methyl sites for hydroxylation is 3. The molecule has 2 aromatic carbocycles. The van der Waals surface area contributed by atoms with Crippen molar-refractivity contribution in [2.75, 3.05) is 13.7 Å². The summed E-state index contributed by atoms with van der Waals surface area (Å²) < 4.78 is 37.6. The van der Waals surface area contributed by atoms with Crippen LogP contribution >= 0.6 is 0 Å². The van der Waals surface area contributed by atoms with E-state index >= 15 is 0 Å². The van der Waals surface area contributed by atoms with Crippen molar-refractivity contribution in [2.24, 2.45) is 0 Å². The maximum absolute atomic E-state index is 12.5. The summed E-state index contributed by atoms with van der Waals surface area (Å²) in [7, 11) is -2.37. The molecule has 0 unspecified atom stereocenters. The lowest BCUT2D eigenvalue weighted by molar-refractivity contribution is -0.133. The Hall–Kier alpha value is -2.38. The maximum atomic E-state index is 12.5. The van der Waals surface area contributed by atoms with Gasteiger partial charge in [-0.1, -0.05) is 29.8 Å². The van der Waals surface area contributed by atoms with Crippen molar-refractivity contribution in [3.63, 3.8) is 0 Å². The molecule has 0 aliphatic heterocycles. The number of ether oxygens (including phenoxy) is 2. The Bertz CT molecular complexity index is 867. The summed E-state index contributed by atoms with van der Waals surface area (Å²) in [5.74, 6) is -0.101. The van der Waals surface area contributed by atoms with E-state index < -0.39 is 22.5 Å². The number of rotatable bonds is 6. The van der Waals surface area contributed by atoms with Crippen LogP contribution in [0, 0.1) is 20.8 Å². The first-order valence-corrected chi connectivity index (χ1v) is 9.14. The maximum Gasteiger partial charge on any atom is 0.326 e. The molecule has 0 saturated heterocycles. The van der Waals surface area contributed by atoms with E-state index in [-0.39, 0.29) is 10.6 Å². The van der Waals surface area contributed by atoms with E-state index in [1.165, 1.54) is 7.11 Å². The predicted octanol–water partition coefficient (Wildman–Crippen LogP) is 2.50. The summed E-state index contributed by atoms with van der Waals surface area (Å²) in [6, 6.07) is 10.2. The highest BCUT2D eigenvalue weighted by Crippen LogP contribution is 2.26. The highest BCUT2D eigenvalue weighted by atomic mass is 32.2. The van der Waals surface area contributed by atoms with Crippen molar-refractivity contribution >= 4 is 16.0 Å². The third kappa shape index (κ3) is 4.58. The molecule has 0 aliphatic carbocycles. The van der Waals surface area contributed by atoms with Crippen molar-refractivity contribution < 1.29 is 22.7 Å². The van der Waals surface area contributed by atoms with Gasteiger partial charge in [0.25, 0.3) is 0 Å². The fraction of sp³-hybridized carbons (Fsp3) is 0.278. The lowest BCUT2D eigenvalue weighted by Gasteiger charge is -2.13. The molecule has 0 heterocycles. The van der Waals surface area contributed by atoms with Crippen molar-refractivity contribution in [3.8, 4) is 11.5 Å². The third-order valence-corrected chi connectivity index (χ3v) is 5.28. The van der Waals surface area contributed by atoms with Gasteiger partial charge in [-0.2, -0.15) is 4.72 Å². The normalized spacial score (nSPS) is 11.2. The molecule has 0 fully saturated rings. The molecule has 0 radical (unpaired) electrons. The van der Waals surface area contributed by atoms with Crippen LogP contribution in [0.1, 0.15) is 16.7 Å². The summed E-state index contributed by atoms with van der Waals surface area (Å²) in [5.41, 5.74) is 2.23. The SMILES string of the molecule is COc1ccccc1OC(=O)CNS(=O)(=O)c1c(C)cc(C)cc1C. The van der Waals surface area contributed by atoms with Gasteiger partial charge in [0, 0.05) is 0 Å². The molecular weight excluding hydrogens is 342 g/mol. The van der Waals surface area contributed by atoms with E-state index in [0.717, 1.165) is 5.56 Å². The number of methoxy groups -OCH3 is 1. The number of carbonyl (C=O) groups is 1. The molecule has 0 saturated carbocycles.